The second-order valence-electron chi connectivity index (χ2n) is 11.8. The van der Waals surface area contributed by atoms with Gasteiger partial charge in [0.15, 0.2) is 0 Å². The average Bonchev–Trinajstić information content (AvgIpc) is 3.49. The summed E-state index contributed by atoms with van der Waals surface area (Å²) in [7, 11) is 0. The summed E-state index contributed by atoms with van der Waals surface area (Å²) in [5.74, 6) is 0. The largest absolute Gasteiger partial charge is 0.455 e. The van der Waals surface area contributed by atoms with Gasteiger partial charge in [-0.1, -0.05) is 140 Å². The lowest BCUT2D eigenvalue weighted by atomic mass is 9.85. The molecule has 0 fully saturated rings. The van der Waals surface area contributed by atoms with Crippen molar-refractivity contribution in [2.75, 3.05) is 0 Å². The molecule has 0 radical (unpaired) electrons. The Morgan fingerprint density at radius 2 is 0.956 bits per heavy atom. The lowest BCUT2D eigenvalue weighted by molar-refractivity contribution is 0.670. The number of benzene rings is 8. The molecule has 2 nitrogen and oxygen atoms in total. The number of nitrogens with zero attached hydrogens (tertiary/aromatic N) is 1. The zero-order valence-electron chi connectivity index (χ0n) is 24.3. The van der Waals surface area contributed by atoms with Gasteiger partial charge in [0.25, 0.3) is 0 Å². The Morgan fingerprint density at radius 1 is 0.378 bits per heavy atom. The average molecular weight is 572 g/mol. The van der Waals surface area contributed by atoms with Crippen LogP contribution in [0.5, 0.6) is 0 Å². The molecule has 0 spiro atoms. The van der Waals surface area contributed by atoms with Crippen molar-refractivity contribution in [2.45, 2.75) is 0 Å². The maximum absolute atomic E-state index is 6.59. The van der Waals surface area contributed by atoms with Crippen LogP contribution in [0.3, 0.4) is 0 Å². The fourth-order valence-corrected chi connectivity index (χ4v) is 7.53. The first-order chi connectivity index (χ1) is 22.3. The summed E-state index contributed by atoms with van der Waals surface area (Å²) in [6.45, 7) is 0. The highest BCUT2D eigenvalue weighted by Crippen LogP contribution is 2.48. The van der Waals surface area contributed by atoms with Crippen molar-refractivity contribution in [1.29, 1.82) is 0 Å². The third-order valence-corrected chi connectivity index (χ3v) is 9.43. The summed E-state index contributed by atoms with van der Waals surface area (Å²) in [5, 5.41) is 13.1. The second-order valence-corrected chi connectivity index (χ2v) is 11.8. The van der Waals surface area contributed by atoms with Crippen molar-refractivity contribution in [3.8, 4) is 22.4 Å². The third kappa shape index (κ3) is 3.42. The van der Waals surface area contributed by atoms with Gasteiger partial charge < -0.3 is 4.42 Å². The van der Waals surface area contributed by atoms with Gasteiger partial charge in [-0.15, -0.1) is 0 Å². The van der Waals surface area contributed by atoms with Crippen LogP contribution in [-0.4, -0.2) is 4.98 Å². The minimum absolute atomic E-state index is 0.907. The normalized spacial score (nSPS) is 12.0. The highest BCUT2D eigenvalue weighted by Gasteiger charge is 2.22. The van der Waals surface area contributed by atoms with Gasteiger partial charge in [0.05, 0.1) is 11.2 Å². The van der Waals surface area contributed by atoms with E-state index in [1.165, 1.54) is 48.7 Å². The fraction of sp³-hybridized carbons (Fsp3) is 0. The van der Waals surface area contributed by atoms with Crippen molar-refractivity contribution < 1.29 is 4.42 Å². The number of para-hydroxylation sites is 3. The van der Waals surface area contributed by atoms with Crippen LogP contribution in [0.4, 0.5) is 0 Å². The summed E-state index contributed by atoms with van der Waals surface area (Å²) in [4.78, 5) is 5.44. The van der Waals surface area contributed by atoms with Crippen LogP contribution < -0.4 is 0 Å². The number of hydrogen-bond donors (Lipinski definition) is 0. The smallest absolute Gasteiger partial charge is 0.143 e. The molecule has 0 aliphatic rings. The van der Waals surface area contributed by atoms with E-state index in [1.54, 1.807) is 0 Å². The van der Waals surface area contributed by atoms with E-state index in [4.69, 9.17) is 9.40 Å². The second kappa shape index (κ2) is 9.25. The summed E-state index contributed by atoms with van der Waals surface area (Å²) in [6.07, 6.45) is 0. The fourth-order valence-electron chi connectivity index (χ4n) is 7.53. The van der Waals surface area contributed by atoms with Crippen molar-refractivity contribution in [1.82, 2.24) is 4.98 Å². The van der Waals surface area contributed by atoms with Crippen molar-refractivity contribution >= 4 is 75.9 Å². The van der Waals surface area contributed by atoms with Crippen LogP contribution >= 0.6 is 0 Å². The van der Waals surface area contributed by atoms with E-state index in [1.807, 2.05) is 6.07 Å². The molecule has 0 atom stereocenters. The Bertz CT molecular complexity index is 2750. The van der Waals surface area contributed by atoms with Gasteiger partial charge in [-0.3, -0.25) is 0 Å². The summed E-state index contributed by atoms with van der Waals surface area (Å²) in [6, 6.07) is 54.1. The molecule has 2 heterocycles. The van der Waals surface area contributed by atoms with Crippen LogP contribution in [0.1, 0.15) is 0 Å². The third-order valence-electron chi connectivity index (χ3n) is 9.43. The first kappa shape index (κ1) is 24.5. The van der Waals surface area contributed by atoms with Gasteiger partial charge in [-0.2, -0.15) is 0 Å². The molecule has 45 heavy (non-hydrogen) atoms. The Hall–Kier alpha value is -5.99. The molecular weight excluding hydrogens is 546 g/mol. The van der Waals surface area contributed by atoms with E-state index in [2.05, 4.69) is 146 Å². The van der Waals surface area contributed by atoms with Crippen LogP contribution in [0.15, 0.2) is 156 Å². The highest BCUT2D eigenvalue weighted by atomic mass is 16.3. The van der Waals surface area contributed by atoms with Crippen LogP contribution in [0, 0.1) is 0 Å². The zero-order chi connectivity index (χ0) is 29.5. The molecule has 0 unspecified atom stereocenters. The standard InChI is InChI=1S/C43H25NO/c1-2-13-27-26(12-1)24-25-35-39(27)34-19-7-9-22-37(34)44-42(35)41-31-17-5-3-15-29(31)40(30-16-4-6-18-32(30)41)36-21-11-20-33-28-14-8-10-23-38(28)45-43(33)36/h1-25H. The molecule has 0 aliphatic heterocycles. The molecule has 2 aromatic heterocycles. The maximum Gasteiger partial charge on any atom is 0.143 e. The van der Waals surface area contributed by atoms with E-state index < -0.39 is 0 Å². The van der Waals surface area contributed by atoms with E-state index in [-0.39, 0.29) is 0 Å². The SMILES string of the molecule is c1ccc2c(c1)ccc1c(-c3c4ccccc4c(-c4cccc5c4oc4ccccc45)c4ccccc34)nc3ccccc3c12. The molecule has 2 heteroatoms. The molecule has 0 aliphatic carbocycles. The first-order valence-electron chi connectivity index (χ1n) is 15.4. The number of pyridine rings is 1. The Balaban J connectivity index is 1.40. The number of fused-ring (bicyclic) bond motifs is 10. The molecule has 0 saturated heterocycles. The van der Waals surface area contributed by atoms with E-state index in [9.17, 15) is 0 Å². The maximum atomic E-state index is 6.59. The van der Waals surface area contributed by atoms with Crippen LogP contribution in [0.25, 0.3) is 98.3 Å². The topological polar surface area (TPSA) is 26.0 Å². The molecule has 0 N–H and O–H groups in total. The van der Waals surface area contributed by atoms with Gasteiger partial charge in [0.2, 0.25) is 0 Å². The Kier molecular flexibility index (Phi) is 5.03. The number of rotatable bonds is 2. The Labute approximate surface area is 258 Å². The number of furan rings is 1. The van der Waals surface area contributed by atoms with E-state index in [0.717, 1.165) is 49.7 Å². The highest BCUT2D eigenvalue weighted by molar-refractivity contribution is 6.28. The molecule has 10 aromatic rings. The molecule has 0 bridgehead atoms. The summed E-state index contributed by atoms with van der Waals surface area (Å²) in [5.41, 5.74) is 7.28. The zero-order valence-corrected chi connectivity index (χ0v) is 24.3. The predicted octanol–water partition coefficient (Wildman–Crippen LogP) is 12.1. The lowest BCUT2D eigenvalue weighted by Crippen LogP contribution is -1.95. The quantitative estimate of drug-likeness (QED) is 0.152. The predicted molar refractivity (Wildman–Crippen MR) is 190 cm³/mol. The first-order valence-corrected chi connectivity index (χ1v) is 15.4. The molecular formula is C43H25NO. The number of hydrogen-bond acceptors (Lipinski definition) is 2. The minimum Gasteiger partial charge on any atom is -0.455 e. The van der Waals surface area contributed by atoms with Crippen molar-refractivity contribution in [2.24, 2.45) is 0 Å². The minimum atomic E-state index is 0.907. The molecule has 10 rings (SSSR count). The van der Waals surface area contributed by atoms with Crippen LogP contribution in [-0.2, 0) is 0 Å². The van der Waals surface area contributed by atoms with Crippen LogP contribution in [0.2, 0.25) is 0 Å². The number of aromatic nitrogens is 1. The summed E-state index contributed by atoms with van der Waals surface area (Å²) < 4.78 is 6.59. The van der Waals surface area contributed by atoms with Crippen molar-refractivity contribution in [3.05, 3.63) is 152 Å². The van der Waals surface area contributed by atoms with Gasteiger partial charge in [0, 0.05) is 43.6 Å². The Morgan fingerprint density at radius 3 is 1.71 bits per heavy atom. The molecule has 8 aromatic carbocycles. The van der Waals surface area contributed by atoms with Crippen molar-refractivity contribution in [3.63, 3.8) is 0 Å². The van der Waals surface area contributed by atoms with Gasteiger partial charge >= 0.3 is 0 Å². The van der Waals surface area contributed by atoms with E-state index >= 15 is 0 Å². The van der Waals surface area contributed by atoms with Gasteiger partial charge in [-0.25, -0.2) is 4.98 Å². The molecule has 0 saturated carbocycles. The molecule has 0 amide bonds. The molecule has 208 valence electrons. The van der Waals surface area contributed by atoms with E-state index in [0.29, 0.717) is 0 Å². The van der Waals surface area contributed by atoms with Gasteiger partial charge in [0.1, 0.15) is 11.2 Å². The van der Waals surface area contributed by atoms with Gasteiger partial charge in [-0.05, 0) is 44.5 Å². The lowest BCUT2D eigenvalue weighted by Gasteiger charge is -2.19. The summed E-state index contributed by atoms with van der Waals surface area (Å²) >= 11 is 0. The monoisotopic (exact) mass is 571 g/mol.